The lowest BCUT2D eigenvalue weighted by Gasteiger charge is -2.20. The molecule has 1 fully saturated rings. The van der Waals surface area contributed by atoms with E-state index in [4.69, 9.17) is 0 Å². The van der Waals surface area contributed by atoms with Crippen molar-refractivity contribution in [1.29, 1.82) is 0 Å². The van der Waals surface area contributed by atoms with Crippen molar-refractivity contribution in [2.45, 2.75) is 19.3 Å². The first-order valence-electron chi connectivity index (χ1n) is 7.98. The Balaban J connectivity index is 1.78. The van der Waals surface area contributed by atoms with Gasteiger partial charge in [0.25, 0.3) is 5.69 Å². The normalized spacial score (nSPS) is 13.8. The van der Waals surface area contributed by atoms with E-state index in [1.807, 2.05) is 0 Å². The van der Waals surface area contributed by atoms with Gasteiger partial charge < -0.3 is 10.2 Å². The molecule has 128 valence electrons. The van der Waals surface area contributed by atoms with Gasteiger partial charge >= 0.3 is 0 Å². The van der Waals surface area contributed by atoms with Crippen molar-refractivity contribution < 1.29 is 14.5 Å². The van der Waals surface area contributed by atoms with Crippen molar-refractivity contribution >= 4 is 28.9 Å². The van der Waals surface area contributed by atoms with Crippen LogP contribution in [0.25, 0.3) is 0 Å². The molecule has 2 aromatic rings. The van der Waals surface area contributed by atoms with Gasteiger partial charge in [0, 0.05) is 24.6 Å². The predicted molar refractivity (Wildman–Crippen MR) is 93.5 cm³/mol. The van der Waals surface area contributed by atoms with Gasteiger partial charge in [-0.3, -0.25) is 19.7 Å². The van der Waals surface area contributed by atoms with Crippen LogP contribution < -0.4 is 10.2 Å². The predicted octanol–water partition coefficient (Wildman–Crippen LogP) is 2.90. The Morgan fingerprint density at radius 3 is 2.60 bits per heavy atom. The SMILES string of the molecule is O=C(Cc1ccccc1[N+](=O)[O-])Nc1ccccc1N1CCCC1=O. The lowest BCUT2D eigenvalue weighted by atomic mass is 10.1. The number of rotatable bonds is 5. The second kappa shape index (κ2) is 7.12. The molecule has 25 heavy (non-hydrogen) atoms. The summed E-state index contributed by atoms with van der Waals surface area (Å²) in [6, 6.07) is 13.2. The van der Waals surface area contributed by atoms with Crippen LogP contribution in [-0.2, 0) is 16.0 Å². The van der Waals surface area contributed by atoms with Crippen LogP contribution in [-0.4, -0.2) is 23.3 Å². The van der Waals surface area contributed by atoms with Crippen LogP contribution in [0.2, 0.25) is 0 Å². The van der Waals surface area contributed by atoms with E-state index in [-0.39, 0.29) is 23.9 Å². The van der Waals surface area contributed by atoms with E-state index in [2.05, 4.69) is 5.32 Å². The smallest absolute Gasteiger partial charge is 0.273 e. The van der Waals surface area contributed by atoms with Crippen LogP contribution in [0.3, 0.4) is 0 Å². The molecule has 1 saturated heterocycles. The summed E-state index contributed by atoms with van der Waals surface area (Å²) in [5.41, 5.74) is 1.45. The monoisotopic (exact) mass is 339 g/mol. The van der Waals surface area contributed by atoms with Crippen LogP contribution >= 0.6 is 0 Å². The van der Waals surface area contributed by atoms with Crippen molar-refractivity contribution in [3.05, 3.63) is 64.2 Å². The Labute approximate surface area is 144 Å². The van der Waals surface area contributed by atoms with Gasteiger partial charge in [-0.25, -0.2) is 0 Å². The molecule has 0 aliphatic carbocycles. The molecule has 2 aromatic carbocycles. The molecule has 0 bridgehead atoms. The number of para-hydroxylation sites is 3. The Morgan fingerprint density at radius 1 is 1.16 bits per heavy atom. The topological polar surface area (TPSA) is 92.5 Å². The van der Waals surface area contributed by atoms with Gasteiger partial charge in [-0.2, -0.15) is 0 Å². The standard InChI is InChI=1S/C18H17N3O4/c22-17(12-13-6-1-3-8-15(13)21(24)25)19-14-7-2-4-9-16(14)20-11-5-10-18(20)23/h1-4,6-9H,5,10-12H2,(H,19,22). The number of nitrogens with one attached hydrogen (secondary N) is 1. The molecule has 1 aliphatic heterocycles. The third-order valence-corrected chi connectivity index (χ3v) is 4.08. The van der Waals surface area contributed by atoms with Crippen molar-refractivity contribution in [2.24, 2.45) is 0 Å². The highest BCUT2D eigenvalue weighted by atomic mass is 16.6. The molecule has 1 heterocycles. The molecule has 0 aromatic heterocycles. The number of amides is 2. The van der Waals surface area contributed by atoms with Gasteiger partial charge in [-0.1, -0.05) is 30.3 Å². The van der Waals surface area contributed by atoms with Crippen LogP contribution in [0.5, 0.6) is 0 Å². The average Bonchev–Trinajstić information content (AvgIpc) is 3.01. The molecule has 0 saturated carbocycles. The summed E-state index contributed by atoms with van der Waals surface area (Å²) < 4.78 is 0. The highest BCUT2D eigenvalue weighted by Gasteiger charge is 2.24. The zero-order valence-electron chi connectivity index (χ0n) is 13.5. The molecule has 0 spiro atoms. The summed E-state index contributed by atoms with van der Waals surface area (Å²) in [7, 11) is 0. The number of nitro groups is 1. The van der Waals surface area contributed by atoms with Crippen LogP contribution in [0, 0.1) is 10.1 Å². The minimum absolute atomic E-state index is 0.0281. The van der Waals surface area contributed by atoms with E-state index in [9.17, 15) is 19.7 Å². The molecule has 2 amide bonds. The summed E-state index contributed by atoms with van der Waals surface area (Å²) in [4.78, 5) is 36.5. The minimum atomic E-state index is -0.501. The summed E-state index contributed by atoms with van der Waals surface area (Å²) in [6.07, 6.45) is 1.18. The quantitative estimate of drug-likeness (QED) is 0.669. The van der Waals surface area contributed by atoms with Crippen LogP contribution in [0.1, 0.15) is 18.4 Å². The zero-order chi connectivity index (χ0) is 17.8. The number of carbonyl (C=O) groups is 2. The van der Waals surface area contributed by atoms with E-state index in [0.717, 1.165) is 6.42 Å². The molecular formula is C18H17N3O4. The fourth-order valence-electron chi connectivity index (χ4n) is 2.92. The number of nitro benzene ring substituents is 1. The maximum atomic E-state index is 12.4. The lowest BCUT2D eigenvalue weighted by molar-refractivity contribution is -0.385. The van der Waals surface area contributed by atoms with Gasteiger partial charge in [0.05, 0.1) is 22.7 Å². The molecule has 0 unspecified atom stereocenters. The third kappa shape index (κ3) is 3.65. The molecule has 1 N–H and O–H groups in total. The Hall–Kier alpha value is -3.22. The van der Waals surface area contributed by atoms with Crippen LogP contribution in [0.4, 0.5) is 17.1 Å². The summed E-state index contributed by atoms with van der Waals surface area (Å²) in [5, 5.41) is 13.8. The Kier molecular flexibility index (Phi) is 4.74. The number of nitrogens with zero attached hydrogens (tertiary/aromatic N) is 2. The first-order valence-corrected chi connectivity index (χ1v) is 7.98. The van der Waals surface area contributed by atoms with E-state index < -0.39 is 4.92 Å². The number of benzene rings is 2. The highest BCUT2D eigenvalue weighted by molar-refractivity contribution is 6.02. The largest absolute Gasteiger partial charge is 0.324 e. The number of hydrogen-bond acceptors (Lipinski definition) is 4. The van der Waals surface area contributed by atoms with E-state index in [1.54, 1.807) is 47.4 Å². The van der Waals surface area contributed by atoms with Gasteiger partial charge in [0.1, 0.15) is 0 Å². The first kappa shape index (κ1) is 16.6. The highest BCUT2D eigenvalue weighted by Crippen LogP contribution is 2.29. The van der Waals surface area contributed by atoms with Crippen molar-refractivity contribution in [2.75, 3.05) is 16.8 Å². The molecule has 3 rings (SSSR count). The fraction of sp³-hybridized carbons (Fsp3) is 0.222. The van der Waals surface area contributed by atoms with Crippen molar-refractivity contribution in [3.63, 3.8) is 0 Å². The van der Waals surface area contributed by atoms with Crippen molar-refractivity contribution in [1.82, 2.24) is 0 Å². The molecular weight excluding hydrogens is 322 g/mol. The lowest BCUT2D eigenvalue weighted by Crippen LogP contribution is -2.26. The summed E-state index contributed by atoms with van der Waals surface area (Å²) in [5.74, 6) is -0.339. The van der Waals surface area contributed by atoms with E-state index in [0.29, 0.717) is 29.9 Å². The molecule has 1 aliphatic rings. The fourth-order valence-corrected chi connectivity index (χ4v) is 2.92. The molecule has 0 atom stereocenters. The summed E-state index contributed by atoms with van der Waals surface area (Å²) in [6.45, 7) is 0.621. The second-order valence-corrected chi connectivity index (χ2v) is 5.78. The summed E-state index contributed by atoms with van der Waals surface area (Å²) >= 11 is 0. The number of hydrogen-bond donors (Lipinski definition) is 1. The minimum Gasteiger partial charge on any atom is -0.324 e. The molecule has 7 heteroatoms. The maximum absolute atomic E-state index is 12.4. The Bertz CT molecular complexity index is 835. The van der Waals surface area contributed by atoms with Gasteiger partial charge in [-0.15, -0.1) is 0 Å². The van der Waals surface area contributed by atoms with E-state index in [1.165, 1.54) is 6.07 Å². The maximum Gasteiger partial charge on any atom is 0.273 e. The van der Waals surface area contributed by atoms with Gasteiger partial charge in [-0.05, 0) is 18.6 Å². The molecule has 0 radical (unpaired) electrons. The number of anilines is 2. The van der Waals surface area contributed by atoms with Gasteiger partial charge in [0.15, 0.2) is 0 Å². The molecule has 7 nitrogen and oxygen atoms in total. The zero-order valence-corrected chi connectivity index (χ0v) is 13.5. The van der Waals surface area contributed by atoms with Gasteiger partial charge in [0.2, 0.25) is 11.8 Å². The van der Waals surface area contributed by atoms with Crippen molar-refractivity contribution in [3.8, 4) is 0 Å². The average molecular weight is 339 g/mol. The second-order valence-electron chi connectivity index (χ2n) is 5.78. The first-order chi connectivity index (χ1) is 12.1. The Morgan fingerprint density at radius 2 is 1.88 bits per heavy atom. The van der Waals surface area contributed by atoms with Crippen LogP contribution in [0.15, 0.2) is 48.5 Å². The number of carbonyl (C=O) groups excluding carboxylic acids is 2. The third-order valence-electron chi connectivity index (χ3n) is 4.08. The van der Waals surface area contributed by atoms with E-state index >= 15 is 0 Å².